The van der Waals surface area contributed by atoms with Crippen molar-refractivity contribution in [2.24, 2.45) is 7.05 Å². The molecule has 0 amide bonds. The number of nitrogens with one attached hydrogen (secondary N) is 1. The minimum absolute atomic E-state index is 0.0356. The first-order valence-electron chi connectivity index (χ1n) is 5.00. The molecule has 102 valence electrons. The normalized spacial score (nSPS) is 11.6. The minimum atomic E-state index is -3.87. The maximum absolute atomic E-state index is 12.1. The molecule has 0 radical (unpaired) electrons. The Morgan fingerprint density at radius 3 is 2.58 bits per heavy atom. The molecule has 0 aliphatic heterocycles. The molecule has 19 heavy (non-hydrogen) atoms. The Bertz CT molecular complexity index is 709. The molecular weight excluding hydrogens is 313 g/mol. The lowest BCUT2D eigenvalue weighted by Gasteiger charge is -2.06. The van der Waals surface area contributed by atoms with Gasteiger partial charge in [-0.2, -0.15) is 8.42 Å². The van der Waals surface area contributed by atoms with E-state index in [-0.39, 0.29) is 21.0 Å². The highest BCUT2D eigenvalue weighted by atomic mass is 35.5. The molecule has 0 aromatic carbocycles. The van der Waals surface area contributed by atoms with E-state index >= 15 is 0 Å². The molecule has 0 unspecified atom stereocenters. The van der Waals surface area contributed by atoms with Gasteiger partial charge in [0.1, 0.15) is 17.2 Å². The fourth-order valence-electron chi connectivity index (χ4n) is 1.25. The van der Waals surface area contributed by atoms with E-state index in [9.17, 15) is 8.42 Å². The lowest BCUT2D eigenvalue weighted by molar-refractivity contribution is 0.597. The highest BCUT2D eigenvalue weighted by Gasteiger charge is 2.21. The predicted molar refractivity (Wildman–Crippen MR) is 70.8 cm³/mol. The van der Waals surface area contributed by atoms with Crippen LogP contribution in [0, 0.1) is 6.92 Å². The molecule has 2 heterocycles. The van der Waals surface area contributed by atoms with Crippen molar-refractivity contribution in [3.05, 3.63) is 28.5 Å². The van der Waals surface area contributed by atoms with E-state index < -0.39 is 10.0 Å². The molecule has 7 nitrogen and oxygen atoms in total. The first-order valence-corrected chi connectivity index (χ1v) is 7.24. The van der Waals surface area contributed by atoms with Crippen LogP contribution in [0.5, 0.6) is 0 Å². The first-order chi connectivity index (χ1) is 8.81. The van der Waals surface area contributed by atoms with Crippen molar-refractivity contribution in [1.29, 1.82) is 0 Å². The molecule has 2 aromatic rings. The van der Waals surface area contributed by atoms with Crippen LogP contribution in [0.3, 0.4) is 0 Å². The summed E-state index contributed by atoms with van der Waals surface area (Å²) in [7, 11) is -2.18. The molecule has 0 aliphatic carbocycles. The van der Waals surface area contributed by atoms with Crippen LogP contribution < -0.4 is 4.72 Å². The van der Waals surface area contributed by atoms with Crippen molar-refractivity contribution in [3.8, 4) is 0 Å². The topological polar surface area (TPSA) is 89.8 Å². The number of imidazole rings is 1. The molecule has 0 aliphatic rings. The number of aromatic nitrogens is 4. The van der Waals surface area contributed by atoms with Gasteiger partial charge < -0.3 is 4.57 Å². The summed E-state index contributed by atoms with van der Waals surface area (Å²) < 4.78 is 28.0. The highest BCUT2D eigenvalue weighted by molar-refractivity contribution is 7.92. The number of rotatable bonds is 3. The van der Waals surface area contributed by atoms with Crippen molar-refractivity contribution in [1.82, 2.24) is 19.5 Å². The summed E-state index contributed by atoms with van der Waals surface area (Å²) in [4.78, 5) is 11.3. The van der Waals surface area contributed by atoms with Gasteiger partial charge in [-0.15, -0.1) is 0 Å². The molecule has 0 bridgehead atoms. The van der Waals surface area contributed by atoms with Crippen LogP contribution in [0.2, 0.25) is 10.2 Å². The second-order valence-corrected chi connectivity index (χ2v) is 6.04. The molecular formula is C9H9Cl2N5O2S. The standard InChI is InChI=1S/C9H9Cl2N5O2S/c1-5-14-6(3-16(5)2)19(17,18)15-9-7(10)8(11)12-4-13-9/h3-4H,1-2H3,(H,12,13,15). The second kappa shape index (κ2) is 4.95. The molecule has 0 saturated heterocycles. The molecule has 1 N–H and O–H groups in total. The average molecular weight is 322 g/mol. The number of aryl methyl sites for hydroxylation is 2. The zero-order valence-electron chi connectivity index (χ0n) is 9.92. The Balaban J connectivity index is 2.39. The largest absolute Gasteiger partial charge is 0.337 e. The summed E-state index contributed by atoms with van der Waals surface area (Å²) in [5, 5.41) is -0.231. The third-order valence-electron chi connectivity index (χ3n) is 2.34. The first kappa shape index (κ1) is 14.0. The predicted octanol–water partition coefficient (Wildman–Crippen LogP) is 1.63. The van der Waals surface area contributed by atoms with E-state index in [2.05, 4.69) is 19.7 Å². The Hall–Kier alpha value is -1.38. The Labute approximate surface area is 119 Å². The van der Waals surface area contributed by atoms with Crippen molar-refractivity contribution >= 4 is 39.0 Å². The lowest BCUT2D eigenvalue weighted by atomic mass is 10.6. The summed E-state index contributed by atoms with van der Waals surface area (Å²) in [5.41, 5.74) is 0. The average Bonchev–Trinajstić information content (AvgIpc) is 2.66. The summed E-state index contributed by atoms with van der Waals surface area (Å²) in [5.74, 6) is 0.470. The molecule has 0 saturated carbocycles. The van der Waals surface area contributed by atoms with Gasteiger partial charge in [-0.05, 0) is 6.92 Å². The third kappa shape index (κ3) is 2.80. The van der Waals surface area contributed by atoms with Crippen LogP contribution in [-0.4, -0.2) is 27.9 Å². The van der Waals surface area contributed by atoms with Gasteiger partial charge in [0.2, 0.25) is 0 Å². The van der Waals surface area contributed by atoms with Crippen molar-refractivity contribution in [3.63, 3.8) is 0 Å². The van der Waals surface area contributed by atoms with Gasteiger partial charge >= 0.3 is 0 Å². The fraction of sp³-hybridized carbons (Fsp3) is 0.222. The number of anilines is 1. The zero-order valence-corrected chi connectivity index (χ0v) is 12.3. The van der Waals surface area contributed by atoms with Gasteiger partial charge in [0.15, 0.2) is 16.0 Å². The van der Waals surface area contributed by atoms with Crippen LogP contribution in [0.1, 0.15) is 5.82 Å². The van der Waals surface area contributed by atoms with Crippen LogP contribution in [0.25, 0.3) is 0 Å². The second-order valence-electron chi connectivity index (χ2n) is 3.67. The quantitative estimate of drug-likeness (QED) is 0.868. The SMILES string of the molecule is Cc1nc(S(=O)(=O)Nc2ncnc(Cl)c2Cl)cn1C. The summed E-state index contributed by atoms with van der Waals surface area (Å²) in [6.07, 6.45) is 2.49. The van der Waals surface area contributed by atoms with E-state index in [0.717, 1.165) is 6.33 Å². The van der Waals surface area contributed by atoms with E-state index in [0.29, 0.717) is 5.82 Å². The number of hydrogen-bond donors (Lipinski definition) is 1. The van der Waals surface area contributed by atoms with E-state index in [4.69, 9.17) is 23.2 Å². The van der Waals surface area contributed by atoms with Crippen LogP contribution in [0.4, 0.5) is 5.82 Å². The van der Waals surface area contributed by atoms with Crippen molar-refractivity contribution in [2.75, 3.05) is 4.72 Å². The lowest BCUT2D eigenvalue weighted by Crippen LogP contribution is -2.15. The fourth-order valence-corrected chi connectivity index (χ4v) is 2.65. The maximum atomic E-state index is 12.1. The highest BCUT2D eigenvalue weighted by Crippen LogP contribution is 2.27. The molecule has 10 heteroatoms. The summed E-state index contributed by atoms with van der Waals surface area (Å²) in [6.45, 7) is 1.69. The smallest absolute Gasteiger partial charge is 0.282 e. The van der Waals surface area contributed by atoms with Crippen LogP contribution >= 0.6 is 23.2 Å². The van der Waals surface area contributed by atoms with Gasteiger partial charge in [-0.25, -0.2) is 15.0 Å². The number of hydrogen-bond acceptors (Lipinski definition) is 5. The molecule has 2 rings (SSSR count). The Morgan fingerprint density at radius 2 is 2.00 bits per heavy atom. The maximum Gasteiger partial charge on any atom is 0.282 e. The number of sulfonamides is 1. The Morgan fingerprint density at radius 1 is 1.32 bits per heavy atom. The van der Waals surface area contributed by atoms with Crippen LogP contribution in [-0.2, 0) is 17.1 Å². The molecule has 0 fully saturated rings. The molecule has 2 aromatic heterocycles. The Kier molecular flexibility index (Phi) is 3.66. The summed E-state index contributed by atoms with van der Waals surface area (Å²) in [6, 6.07) is 0. The van der Waals surface area contributed by atoms with Gasteiger partial charge in [-0.3, -0.25) is 4.72 Å². The number of halogens is 2. The van der Waals surface area contributed by atoms with Crippen molar-refractivity contribution < 1.29 is 8.42 Å². The minimum Gasteiger partial charge on any atom is -0.337 e. The molecule has 0 atom stereocenters. The van der Waals surface area contributed by atoms with Gasteiger partial charge in [0, 0.05) is 13.2 Å². The monoisotopic (exact) mass is 321 g/mol. The van der Waals surface area contributed by atoms with E-state index in [1.54, 1.807) is 18.5 Å². The van der Waals surface area contributed by atoms with Gasteiger partial charge in [0.25, 0.3) is 10.0 Å². The van der Waals surface area contributed by atoms with Gasteiger partial charge in [0.05, 0.1) is 0 Å². The summed E-state index contributed by atoms with van der Waals surface area (Å²) >= 11 is 11.5. The van der Waals surface area contributed by atoms with Crippen molar-refractivity contribution in [2.45, 2.75) is 11.9 Å². The van der Waals surface area contributed by atoms with Crippen LogP contribution in [0.15, 0.2) is 17.6 Å². The van der Waals surface area contributed by atoms with E-state index in [1.807, 2.05) is 0 Å². The van der Waals surface area contributed by atoms with E-state index in [1.165, 1.54) is 6.20 Å². The number of nitrogens with zero attached hydrogens (tertiary/aromatic N) is 4. The zero-order chi connectivity index (χ0) is 14.2. The van der Waals surface area contributed by atoms with Gasteiger partial charge in [-0.1, -0.05) is 23.2 Å². The third-order valence-corrected chi connectivity index (χ3v) is 4.29. The molecule has 0 spiro atoms.